The van der Waals surface area contributed by atoms with Crippen LogP contribution in [0.15, 0.2) is 72.8 Å². The molecule has 186 valence electrons. The zero-order chi connectivity index (χ0) is 25.3. The average molecular weight is 502 g/mol. The number of rotatable bonds is 7. The van der Waals surface area contributed by atoms with E-state index < -0.39 is 0 Å². The monoisotopic (exact) mass is 501 g/mol. The Morgan fingerprint density at radius 1 is 1.03 bits per heavy atom. The van der Waals surface area contributed by atoms with Crippen LogP contribution in [0.5, 0.6) is 5.75 Å². The summed E-state index contributed by atoms with van der Waals surface area (Å²) >= 11 is 6.19. The minimum absolute atomic E-state index is 0.0198. The molecule has 1 unspecified atom stereocenters. The van der Waals surface area contributed by atoms with Gasteiger partial charge in [0.2, 0.25) is 5.91 Å². The number of para-hydroxylation sites is 3. The lowest BCUT2D eigenvalue weighted by Crippen LogP contribution is -2.24. The highest BCUT2D eigenvalue weighted by Gasteiger charge is 2.35. The molecular formula is C30H32ClN3O2. The molecule has 2 heterocycles. The molecule has 6 heteroatoms. The van der Waals surface area contributed by atoms with E-state index in [2.05, 4.69) is 43.5 Å². The standard InChI is InChI=1S/C30H32ClN3O2/c1-30(2,3)24-12-4-7-15-27(24)36-17-9-16-33-26-14-6-5-13-25(26)32-29(33)21-18-28(35)34(20-21)23-11-8-10-22(31)19-23/h4-8,10-15,19,21H,9,16-18,20H2,1-3H3. The third-order valence-electron chi connectivity index (χ3n) is 6.77. The maximum Gasteiger partial charge on any atom is 0.227 e. The van der Waals surface area contributed by atoms with Crippen molar-refractivity contribution in [2.24, 2.45) is 0 Å². The highest BCUT2D eigenvalue weighted by Crippen LogP contribution is 2.34. The second-order valence-corrected chi connectivity index (χ2v) is 10.9. The van der Waals surface area contributed by atoms with Crippen LogP contribution in [0.4, 0.5) is 5.69 Å². The Balaban J connectivity index is 1.34. The van der Waals surface area contributed by atoms with Gasteiger partial charge in [-0.15, -0.1) is 0 Å². The Hall–Kier alpha value is -3.31. The highest BCUT2D eigenvalue weighted by molar-refractivity contribution is 6.30. The van der Waals surface area contributed by atoms with Gasteiger partial charge in [0.15, 0.2) is 0 Å². The number of hydrogen-bond donors (Lipinski definition) is 0. The number of ether oxygens (including phenoxy) is 1. The van der Waals surface area contributed by atoms with Crippen LogP contribution in [0.3, 0.4) is 0 Å². The molecule has 1 amide bonds. The van der Waals surface area contributed by atoms with Crippen molar-refractivity contribution in [3.63, 3.8) is 0 Å². The zero-order valence-electron chi connectivity index (χ0n) is 21.1. The van der Waals surface area contributed by atoms with Crippen molar-refractivity contribution < 1.29 is 9.53 Å². The fraction of sp³-hybridized carbons (Fsp3) is 0.333. The molecule has 0 radical (unpaired) electrons. The van der Waals surface area contributed by atoms with Gasteiger partial charge in [0, 0.05) is 36.1 Å². The number of hydrogen-bond acceptors (Lipinski definition) is 3. The Morgan fingerprint density at radius 2 is 1.81 bits per heavy atom. The van der Waals surface area contributed by atoms with Gasteiger partial charge < -0.3 is 14.2 Å². The van der Waals surface area contributed by atoms with Gasteiger partial charge in [-0.1, -0.05) is 68.8 Å². The van der Waals surface area contributed by atoms with E-state index in [-0.39, 0.29) is 17.2 Å². The molecule has 0 spiro atoms. The van der Waals surface area contributed by atoms with Crippen LogP contribution in [0.1, 0.15) is 50.9 Å². The fourth-order valence-electron chi connectivity index (χ4n) is 5.03. The molecule has 3 aromatic carbocycles. The van der Waals surface area contributed by atoms with Gasteiger partial charge in [-0.3, -0.25) is 4.79 Å². The molecule has 1 atom stereocenters. The van der Waals surface area contributed by atoms with E-state index in [0.717, 1.165) is 41.3 Å². The summed E-state index contributed by atoms with van der Waals surface area (Å²) in [5.41, 5.74) is 4.12. The van der Waals surface area contributed by atoms with E-state index in [9.17, 15) is 4.79 Å². The lowest BCUT2D eigenvalue weighted by molar-refractivity contribution is -0.117. The largest absolute Gasteiger partial charge is 0.493 e. The molecule has 5 nitrogen and oxygen atoms in total. The van der Waals surface area contributed by atoms with Gasteiger partial charge in [0.1, 0.15) is 11.6 Å². The summed E-state index contributed by atoms with van der Waals surface area (Å²) in [6, 6.07) is 23.9. The summed E-state index contributed by atoms with van der Waals surface area (Å²) in [5.74, 6) is 2.03. The molecule has 0 saturated carbocycles. The Labute approximate surface area is 217 Å². The van der Waals surface area contributed by atoms with Crippen molar-refractivity contribution in [1.82, 2.24) is 9.55 Å². The van der Waals surface area contributed by atoms with Gasteiger partial charge in [-0.25, -0.2) is 4.98 Å². The number of fused-ring (bicyclic) bond motifs is 1. The molecule has 36 heavy (non-hydrogen) atoms. The first-order chi connectivity index (χ1) is 17.3. The molecule has 0 aliphatic carbocycles. The molecule has 1 aliphatic heterocycles. The Kier molecular flexibility index (Phi) is 6.76. The normalized spacial score (nSPS) is 16.2. The number of imidazole rings is 1. The zero-order valence-corrected chi connectivity index (χ0v) is 21.8. The smallest absolute Gasteiger partial charge is 0.227 e. The number of carbonyl (C=O) groups is 1. The predicted octanol–water partition coefficient (Wildman–Crippen LogP) is 6.98. The lowest BCUT2D eigenvalue weighted by Gasteiger charge is -2.22. The number of anilines is 1. The van der Waals surface area contributed by atoms with E-state index in [1.165, 1.54) is 5.56 Å². The second-order valence-electron chi connectivity index (χ2n) is 10.4. The van der Waals surface area contributed by atoms with Crippen LogP contribution >= 0.6 is 11.6 Å². The Morgan fingerprint density at radius 3 is 2.61 bits per heavy atom. The van der Waals surface area contributed by atoms with E-state index in [1.807, 2.05) is 59.5 Å². The number of amides is 1. The first kappa shape index (κ1) is 24.4. The average Bonchev–Trinajstić information content (AvgIpc) is 3.42. The molecule has 1 aromatic heterocycles. The first-order valence-electron chi connectivity index (χ1n) is 12.5. The van der Waals surface area contributed by atoms with E-state index in [4.69, 9.17) is 21.3 Å². The van der Waals surface area contributed by atoms with Gasteiger partial charge in [0.05, 0.1) is 17.6 Å². The van der Waals surface area contributed by atoms with Crippen LogP contribution < -0.4 is 9.64 Å². The number of carbonyl (C=O) groups excluding carboxylic acids is 1. The predicted molar refractivity (Wildman–Crippen MR) is 146 cm³/mol. The summed E-state index contributed by atoms with van der Waals surface area (Å²) in [4.78, 5) is 19.8. The molecule has 1 fully saturated rings. The third kappa shape index (κ3) is 4.98. The number of aromatic nitrogens is 2. The summed E-state index contributed by atoms with van der Waals surface area (Å²) in [5, 5.41) is 0.629. The van der Waals surface area contributed by atoms with E-state index in [1.54, 1.807) is 0 Å². The highest BCUT2D eigenvalue weighted by atomic mass is 35.5. The Bertz CT molecular complexity index is 1390. The van der Waals surface area contributed by atoms with Crippen molar-refractivity contribution in [1.29, 1.82) is 0 Å². The summed E-state index contributed by atoms with van der Waals surface area (Å²) in [6.07, 6.45) is 1.27. The summed E-state index contributed by atoms with van der Waals surface area (Å²) in [7, 11) is 0. The SMILES string of the molecule is CC(C)(C)c1ccccc1OCCCn1c(C2CC(=O)N(c3cccc(Cl)c3)C2)nc2ccccc21. The van der Waals surface area contributed by atoms with Gasteiger partial charge in [-0.05, 0) is 53.8 Å². The van der Waals surface area contributed by atoms with Crippen LogP contribution in [-0.2, 0) is 16.8 Å². The van der Waals surface area contributed by atoms with Crippen LogP contribution in [0.25, 0.3) is 11.0 Å². The molecule has 1 aliphatic rings. The topological polar surface area (TPSA) is 47.4 Å². The van der Waals surface area contributed by atoms with Crippen LogP contribution in [-0.4, -0.2) is 28.6 Å². The van der Waals surface area contributed by atoms with Crippen molar-refractivity contribution in [2.45, 2.75) is 51.5 Å². The number of aryl methyl sites for hydroxylation is 1. The first-order valence-corrected chi connectivity index (χ1v) is 12.9. The van der Waals surface area contributed by atoms with Crippen molar-refractivity contribution in [3.8, 4) is 5.75 Å². The molecule has 0 N–H and O–H groups in total. The summed E-state index contributed by atoms with van der Waals surface area (Å²) in [6.45, 7) is 8.59. The van der Waals surface area contributed by atoms with Gasteiger partial charge in [-0.2, -0.15) is 0 Å². The molecular weight excluding hydrogens is 470 g/mol. The van der Waals surface area contributed by atoms with Crippen LogP contribution in [0, 0.1) is 0 Å². The number of halogens is 1. The second kappa shape index (κ2) is 9.98. The van der Waals surface area contributed by atoms with E-state index >= 15 is 0 Å². The lowest BCUT2D eigenvalue weighted by atomic mass is 9.86. The fourth-order valence-corrected chi connectivity index (χ4v) is 5.22. The maximum absolute atomic E-state index is 13.0. The molecule has 1 saturated heterocycles. The van der Waals surface area contributed by atoms with Crippen LogP contribution in [0.2, 0.25) is 5.02 Å². The van der Waals surface area contributed by atoms with E-state index in [0.29, 0.717) is 24.6 Å². The minimum atomic E-state index is 0.0198. The quantitative estimate of drug-likeness (QED) is 0.257. The number of benzene rings is 3. The summed E-state index contributed by atoms with van der Waals surface area (Å²) < 4.78 is 8.51. The van der Waals surface area contributed by atoms with Gasteiger partial charge >= 0.3 is 0 Å². The third-order valence-corrected chi connectivity index (χ3v) is 7.01. The molecule has 0 bridgehead atoms. The van der Waals surface area contributed by atoms with Gasteiger partial charge in [0.25, 0.3) is 0 Å². The van der Waals surface area contributed by atoms with Crippen molar-refractivity contribution >= 4 is 34.2 Å². The molecule has 4 aromatic rings. The number of nitrogens with zero attached hydrogens (tertiary/aromatic N) is 3. The molecule has 5 rings (SSSR count). The van der Waals surface area contributed by atoms with Crippen molar-refractivity contribution in [3.05, 3.63) is 89.2 Å². The van der Waals surface area contributed by atoms with Crippen molar-refractivity contribution in [2.75, 3.05) is 18.1 Å². The maximum atomic E-state index is 13.0. The minimum Gasteiger partial charge on any atom is -0.493 e.